The molecule has 8 nitrogen and oxygen atoms in total. The highest BCUT2D eigenvalue weighted by Gasteiger charge is 2.59. The summed E-state index contributed by atoms with van der Waals surface area (Å²) >= 11 is 0. The Bertz CT molecular complexity index is 1260. The van der Waals surface area contributed by atoms with Crippen molar-refractivity contribution in [3.8, 4) is 18.1 Å². The zero-order chi connectivity index (χ0) is 30.1. The number of aryl methyl sites for hydroxylation is 1. The molecule has 42 heavy (non-hydrogen) atoms. The lowest BCUT2D eigenvalue weighted by Crippen LogP contribution is -2.49. The minimum Gasteiger partial charge on any atom is -0.493 e. The van der Waals surface area contributed by atoms with Crippen molar-refractivity contribution in [1.82, 2.24) is 20.5 Å². The van der Waals surface area contributed by atoms with Crippen molar-refractivity contribution in [1.29, 1.82) is 0 Å². The van der Waals surface area contributed by atoms with E-state index in [1.54, 1.807) is 12.3 Å². The predicted octanol–water partition coefficient (Wildman–Crippen LogP) is 3.26. The number of halogens is 1. The van der Waals surface area contributed by atoms with Gasteiger partial charge in [0.2, 0.25) is 11.8 Å². The molecular formula is C33H43FN4O4. The second kappa shape index (κ2) is 15.1. The second-order valence-electron chi connectivity index (χ2n) is 11.4. The van der Waals surface area contributed by atoms with Crippen LogP contribution in [0.1, 0.15) is 56.2 Å². The van der Waals surface area contributed by atoms with Crippen LogP contribution in [0, 0.1) is 35.9 Å². The van der Waals surface area contributed by atoms with Gasteiger partial charge in [-0.1, -0.05) is 19.9 Å². The summed E-state index contributed by atoms with van der Waals surface area (Å²) in [6, 6.07) is 5.81. The van der Waals surface area contributed by atoms with E-state index in [0.717, 1.165) is 30.4 Å². The maximum Gasteiger partial charge on any atom is 0.226 e. The molecular weight excluding hydrogens is 535 g/mol. The summed E-state index contributed by atoms with van der Waals surface area (Å²) in [4.78, 5) is 33.3. The van der Waals surface area contributed by atoms with E-state index in [2.05, 4.69) is 34.5 Å². The van der Waals surface area contributed by atoms with E-state index in [4.69, 9.17) is 11.2 Å². The Morgan fingerprint density at radius 2 is 2.00 bits per heavy atom. The summed E-state index contributed by atoms with van der Waals surface area (Å²) in [5, 5.41) is 17.5. The first-order valence-corrected chi connectivity index (χ1v) is 15.1. The lowest BCUT2D eigenvalue weighted by molar-refractivity contribution is -0.135. The molecule has 4 rings (SSSR count). The maximum atomic E-state index is 14.6. The molecule has 0 radical (unpaired) electrons. The van der Waals surface area contributed by atoms with Crippen molar-refractivity contribution >= 4 is 11.8 Å². The van der Waals surface area contributed by atoms with E-state index in [1.807, 2.05) is 18.0 Å². The average molecular weight is 579 g/mol. The third-order valence-electron chi connectivity index (χ3n) is 8.13. The number of terminal acetylenes is 1. The van der Waals surface area contributed by atoms with Crippen LogP contribution in [0.4, 0.5) is 4.39 Å². The van der Waals surface area contributed by atoms with Gasteiger partial charge < -0.3 is 25.4 Å². The molecule has 2 bridgehead atoms. The van der Waals surface area contributed by atoms with Gasteiger partial charge in [-0.25, -0.2) is 4.39 Å². The van der Waals surface area contributed by atoms with E-state index in [0.29, 0.717) is 50.4 Å². The molecule has 2 amide bonds. The molecule has 1 aliphatic heterocycles. The Hall–Kier alpha value is -3.48. The first-order chi connectivity index (χ1) is 20.3. The van der Waals surface area contributed by atoms with Gasteiger partial charge in [0.15, 0.2) is 0 Å². The highest BCUT2D eigenvalue weighted by atomic mass is 19.1. The molecule has 2 aliphatic rings. The van der Waals surface area contributed by atoms with Crippen molar-refractivity contribution in [3.63, 3.8) is 0 Å². The molecule has 3 N–H and O–H groups in total. The summed E-state index contributed by atoms with van der Waals surface area (Å²) in [5.41, 5.74) is 2.71. The number of aliphatic hydroxyl groups excluding tert-OH is 1. The van der Waals surface area contributed by atoms with Crippen LogP contribution < -0.4 is 15.4 Å². The summed E-state index contributed by atoms with van der Waals surface area (Å²) in [7, 11) is 0. The van der Waals surface area contributed by atoms with Crippen molar-refractivity contribution < 1.29 is 23.8 Å². The molecule has 1 aromatic carbocycles. The largest absolute Gasteiger partial charge is 0.493 e. The SMILES string of the molecule is C#CCC1C2C(=O)NC(C(O)CNCc3cncc(CC)c3)Cc3cc(F)cc(c3)OCCCCN(CCC)C(=O)C12. The number of aliphatic hydroxyl groups is 1. The van der Waals surface area contributed by atoms with E-state index in [1.165, 1.54) is 12.1 Å². The molecule has 9 heteroatoms. The fourth-order valence-corrected chi connectivity index (χ4v) is 5.84. The predicted molar refractivity (Wildman–Crippen MR) is 159 cm³/mol. The van der Waals surface area contributed by atoms with Gasteiger partial charge in [-0.2, -0.15) is 0 Å². The molecule has 5 unspecified atom stereocenters. The zero-order valence-corrected chi connectivity index (χ0v) is 24.7. The van der Waals surface area contributed by atoms with Crippen molar-refractivity contribution in [2.24, 2.45) is 17.8 Å². The normalized spacial score (nSPS) is 23.7. The number of nitrogens with zero attached hydrogens (tertiary/aromatic N) is 2. The summed E-state index contributed by atoms with van der Waals surface area (Å²) in [5.74, 6) is 0.954. The monoisotopic (exact) mass is 578 g/mol. The van der Waals surface area contributed by atoms with Crippen LogP contribution in [0.15, 0.2) is 36.7 Å². The fourth-order valence-electron chi connectivity index (χ4n) is 5.84. The fraction of sp³-hybridized carbons (Fsp3) is 0.545. The average Bonchev–Trinajstić information content (AvgIpc) is 3.69. The molecule has 1 aliphatic carbocycles. The Labute approximate surface area is 248 Å². The van der Waals surface area contributed by atoms with E-state index >= 15 is 0 Å². The quantitative estimate of drug-likeness (QED) is 0.395. The molecule has 2 aromatic rings. The number of aromatic nitrogens is 1. The van der Waals surface area contributed by atoms with Crippen LogP contribution in [-0.4, -0.2) is 65.2 Å². The van der Waals surface area contributed by atoms with Crippen LogP contribution >= 0.6 is 0 Å². The highest BCUT2D eigenvalue weighted by molar-refractivity contribution is 5.93. The number of carbonyl (C=O) groups excluding carboxylic acids is 2. The van der Waals surface area contributed by atoms with Crippen LogP contribution in [0.5, 0.6) is 5.75 Å². The minimum atomic E-state index is -0.988. The summed E-state index contributed by atoms with van der Waals surface area (Å²) in [6.07, 6.45) is 11.8. The number of ether oxygens (including phenoxy) is 1. The number of hydrogen-bond acceptors (Lipinski definition) is 6. The lowest BCUT2D eigenvalue weighted by atomic mass is 10.00. The minimum absolute atomic E-state index is 0.0424. The Morgan fingerprint density at radius 1 is 1.19 bits per heavy atom. The number of hydrogen-bond donors (Lipinski definition) is 3. The van der Waals surface area contributed by atoms with Gasteiger partial charge in [0, 0.05) is 51.1 Å². The molecule has 1 aromatic heterocycles. The van der Waals surface area contributed by atoms with E-state index < -0.39 is 29.8 Å². The van der Waals surface area contributed by atoms with E-state index in [9.17, 15) is 19.1 Å². The Balaban J connectivity index is 1.55. The number of pyridine rings is 1. The maximum absolute atomic E-state index is 14.6. The number of rotatable bonds is 9. The third kappa shape index (κ3) is 8.30. The van der Waals surface area contributed by atoms with Crippen molar-refractivity contribution in [2.45, 2.75) is 71.1 Å². The molecule has 2 heterocycles. The third-order valence-corrected chi connectivity index (χ3v) is 8.13. The van der Waals surface area contributed by atoms with Crippen LogP contribution in [0.25, 0.3) is 0 Å². The Morgan fingerprint density at radius 3 is 2.76 bits per heavy atom. The van der Waals surface area contributed by atoms with Crippen LogP contribution in [-0.2, 0) is 29.0 Å². The lowest BCUT2D eigenvalue weighted by Gasteiger charge is -2.26. The van der Waals surface area contributed by atoms with Crippen LogP contribution in [0.2, 0.25) is 0 Å². The van der Waals surface area contributed by atoms with Gasteiger partial charge >= 0.3 is 0 Å². The Kier molecular flexibility index (Phi) is 11.3. The van der Waals surface area contributed by atoms with Gasteiger partial charge in [0.1, 0.15) is 11.6 Å². The summed E-state index contributed by atoms with van der Waals surface area (Å²) in [6.45, 7) is 6.31. The number of benzene rings is 1. The molecule has 0 spiro atoms. The molecule has 1 saturated carbocycles. The standard InChI is InChI=1S/C33H43FN4O4/c1-4-9-27-30-31(27)33(41)38(10-5-2)11-7-8-12-42-26-15-23(14-25(34)17-26)16-28(37-32(30)40)29(39)21-36-20-24-13-22(6-3)18-35-19-24/h1,13-15,17-19,27-31,36,39H,5-12,16,20-21H2,2-3H3,(H,37,40). The van der Waals surface area contributed by atoms with Gasteiger partial charge in [0.05, 0.1) is 30.6 Å². The first-order valence-electron chi connectivity index (χ1n) is 15.1. The molecule has 5 atom stereocenters. The molecule has 0 saturated heterocycles. The zero-order valence-electron chi connectivity index (χ0n) is 24.7. The second-order valence-corrected chi connectivity index (χ2v) is 11.4. The first kappa shape index (κ1) is 31.5. The van der Waals surface area contributed by atoms with E-state index in [-0.39, 0.29) is 30.7 Å². The van der Waals surface area contributed by atoms with Crippen LogP contribution in [0.3, 0.4) is 0 Å². The number of carbonyl (C=O) groups is 2. The molecule has 1 fully saturated rings. The number of nitrogens with one attached hydrogen (secondary N) is 2. The van der Waals surface area contributed by atoms with Gasteiger partial charge in [-0.3, -0.25) is 14.6 Å². The number of amides is 2. The van der Waals surface area contributed by atoms with Crippen molar-refractivity contribution in [2.75, 3.05) is 26.2 Å². The van der Waals surface area contributed by atoms with Crippen molar-refractivity contribution in [3.05, 3.63) is 59.2 Å². The summed E-state index contributed by atoms with van der Waals surface area (Å²) < 4.78 is 20.4. The van der Waals surface area contributed by atoms with Gasteiger partial charge in [-0.05, 0) is 66.8 Å². The number of fused-ring (bicyclic) bond motifs is 3. The topological polar surface area (TPSA) is 104 Å². The highest BCUT2D eigenvalue weighted by Crippen LogP contribution is 2.50. The van der Waals surface area contributed by atoms with Gasteiger partial charge in [-0.15, -0.1) is 12.3 Å². The van der Waals surface area contributed by atoms with Gasteiger partial charge in [0.25, 0.3) is 0 Å². The smallest absolute Gasteiger partial charge is 0.226 e. The molecule has 226 valence electrons.